The van der Waals surface area contributed by atoms with E-state index in [4.69, 9.17) is 19.9 Å². The number of rotatable bonds is 4. The van der Waals surface area contributed by atoms with Gasteiger partial charge >= 0.3 is 0 Å². The number of hydrogen-bond donors (Lipinski definition) is 0. The van der Waals surface area contributed by atoms with Crippen molar-refractivity contribution < 1.29 is 0 Å². The molecular formula is C42H26N4. The van der Waals surface area contributed by atoms with Gasteiger partial charge in [0.05, 0.1) is 44.8 Å². The lowest BCUT2D eigenvalue weighted by molar-refractivity contribution is 1.29. The summed E-state index contributed by atoms with van der Waals surface area (Å²) in [7, 11) is 0. The van der Waals surface area contributed by atoms with Crippen LogP contribution in [0.4, 0.5) is 0 Å². The fourth-order valence-corrected chi connectivity index (χ4v) is 6.34. The van der Waals surface area contributed by atoms with E-state index in [2.05, 4.69) is 97.1 Å². The standard InChI is InChI=1S/C42H26N4/c1-3-10-27(11-4-1)35-24-21-29-18-19-30-22-25-36(44-41(30)40(29)43-35)34-15-9-14-31-26-32(20-23-33(31)34)42-39(28-12-5-2-6-13-28)45-37-16-7-8-17-38(37)46-42/h1-26H. The van der Waals surface area contributed by atoms with E-state index in [9.17, 15) is 0 Å². The second-order valence-corrected chi connectivity index (χ2v) is 11.5. The minimum atomic E-state index is 0.868. The molecule has 0 amide bonds. The molecule has 9 rings (SSSR count). The van der Waals surface area contributed by atoms with Crippen LogP contribution in [-0.4, -0.2) is 19.9 Å². The molecule has 0 aliphatic heterocycles. The summed E-state index contributed by atoms with van der Waals surface area (Å²) in [6.45, 7) is 0. The summed E-state index contributed by atoms with van der Waals surface area (Å²) in [4.78, 5) is 20.5. The van der Waals surface area contributed by atoms with Gasteiger partial charge in [0.2, 0.25) is 0 Å². The summed E-state index contributed by atoms with van der Waals surface area (Å²) in [6.07, 6.45) is 0. The summed E-state index contributed by atoms with van der Waals surface area (Å²) in [5.74, 6) is 0. The molecule has 0 atom stereocenters. The Bertz CT molecular complexity index is 2580. The van der Waals surface area contributed by atoms with Crippen molar-refractivity contribution in [2.24, 2.45) is 0 Å². The largest absolute Gasteiger partial charge is 0.245 e. The lowest BCUT2D eigenvalue weighted by atomic mass is 9.96. The Morgan fingerprint density at radius 1 is 0.326 bits per heavy atom. The molecule has 214 valence electrons. The van der Waals surface area contributed by atoms with Crippen LogP contribution in [0.3, 0.4) is 0 Å². The highest BCUT2D eigenvalue weighted by Gasteiger charge is 2.15. The molecule has 0 saturated carbocycles. The zero-order chi connectivity index (χ0) is 30.5. The topological polar surface area (TPSA) is 51.6 Å². The van der Waals surface area contributed by atoms with Gasteiger partial charge in [0.25, 0.3) is 0 Å². The van der Waals surface area contributed by atoms with Gasteiger partial charge in [-0.05, 0) is 41.1 Å². The third-order valence-electron chi connectivity index (χ3n) is 8.64. The summed E-state index contributed by atoms with van der Waals surface area (Å²) in [5.41, 5.74) is 11.4. The van der Waals surface area contributed by atoms with Gasteiger partial charge in [-0.25, -0.2) is 19.9 Å². The molecule has 0 aliphatic rings. The zero-order valence-corrected chi connectivity index (χ0v) is 24.8. The molecule has 0 aliphatic carbocycles. The highest BCUT2D eigenvalue weighted by atomic mass is 14.8. The molecule has 3 aromatic heterocycles. The number of aromatic nitrogens is 4. The van der Waals surface area contributed by atoms with Gasteiger partial charge in [-0.3, -0.25) is 0 Å². The quantitative estimate of drug-likeness (QED) is 0.193. The third kappa shape index (κ3) is 4.47. The van der Waals surface area contributed by atoms with Crippen LogP contribution >= 0.6 is 0 Å². The molecule has 0 spiro atoms. The van der Waals surface area contributed by atoms with Crippen LogP contribution in [0.1, 0.15) is 0 Å². The van der Waals surface area contributed by atoms with Gasteiger partial charge in [-0.15, -0.1) is 0 Å². The van der Waals surface area contributed by atoms with Crippen LogP contribution in [0, 0.1) is 0 Å². The summed E-state index contributed by atoms with van der Waals surface area (Å²) < 4.78 is 0. The smallest absolute Gasteiger partial charge is 0.0973 e. The maximum atomic E-state index is 5.24. The fourth-order valence-electron chi connectivity index (χ4n) is 6.34. The van der Waals surface area contributed by atoms with Crippen molar-refractivity contribution >= 4 is 43.6 Å². The van der Waals surface area contributed by atoms with Gasteiger partial charge in [-0.2, -0.15) is 0 Å². The molecule has 4 heteroatoms. The number of benzene rings is 6. The second-order valence-electron chi connectivity index (χ2n) is 11.5. The summed E-state index contributed by atoms with van der Waals surface area (Å²) in [5, 5.41) is 4.39. The predicted molar refractivity (Wildman–Crippen MR) is 189 cm³/mol. The number of pyridine rings is 2. The maximum absolute atomic E-state index is 5.24. The molecule has 0 fully saturated rings. The summed E-state index contributed by atoms with van der Waals surface area (Å²) in [6, 6.07) is 54.3. The highest BCUT2D eigenvalue weighted by Crippen LogP contribution is 2.36. The Morgan fingerprint density at radius 2 is 0.891 bits per heavy atom. The molecule has 0 bridgehead atoms. The van der Waals surface area contributed by atoms with E-state index in [-0.39, 0.29) is 0 Å². The molecule has 0 unspecified atom stereocenters. The summed E-state index contributed by atoms with van der Waals surface area (Å²) >= 11 is 0. The Kier molecular flexibility index (Phi) is 6.10. The Hall–Kier alpha value is -6.26. The van der Waals surface area contributed by atoms with Gasteiger partial charge in [0.15, 0.2) is 0 Å². The number of fused-ring (bicyclic) bond motifs is 5. The van der Waals surface area contributed by atoms with Gasteiger partial charge in [-0.1, -0.05) is 127 Å². The Balaban J connectivity index is 1.19. The Labute approximate surface area is 265 Å². The first-order valence-electron chi connectivity index (χ1n) is 15.4. The third-order valence-corrected chi connectivity index (χ3v) is 8.64. The normalized spacial score (nSPS) is 11.5. The minimum absolute atomic E-state index is 0.868. The first kappa shape index (κ1) is 26.2. The van der Waals surface area contributed by atoms with E-state index < -0.39 is 0 Å². The van der Waals surface area contributed by atoms with Crippen molar-refractivity contribution in [1.82, 2.24) is 19.9 Å². The van der Waals surface area contributed by atoms with Crippen LogP contribution in [0.2, 0.25) is 0 Å². The van der Waals surface area contributed by atoms with E-state index in [1.54, 1.807) is 0 Å². The molecular weight excluding hydrogens is 560 g/mol. The highest BCUT2D eigenvalue weighted by molar-refractivity contribution is 6.05. The van der Waals surface area contributed by atoms with Crippen molar-refractivity contribution in [3.63, 3.8) is 0 Å². The number of hydrogen-bond acceptors (Lipinski definition) is 4. The van der Waals surface area contributed by atoms with Crippen LogP contribution in [0.25, 0.3) is 88.6 Å². The molecule has 4 nitrogen and oxygen atoms in total. The SMILES string of the molecule is c1ccc(-c2ccc3ccc4ccc(-c5cccc6cc(-c7nc8ccccc8nc7-c7ccccc7)ccc56)nc4c3n2)cc1. The fraction of sp³-hybridized carbons (Fsp3) is 0. The molecule has 0 radical (unpaired) electrons. The lowest BCUT2D eigenvalue weighted by Crippen LogP contribution is -1.95. The number of nitrogens with zero attached hydrogens (tertiary/aromatic N) is 4. The molecule has 6 aromatic carbocycles. The van der Waals surface area contributed by atoms with Gasteiger partial charge in [0.1, 0.15) is 0 Å². The van der Waals surface area contributed by atoms with E-state index in [0.29, 0.717) is 0 Å². The van der Waals surface area contributed by atoms with E-state index in [1.165, 1.54) is 0 Å². The van der Waals surface area contributed by atoms with Crippen LogP contribution < -0.4 is 0 Å². The molecule has 0 N–H and O–H groups in total. The predicted octanol–water partition coefficient (Wildman–Crippen LogP) is 10.5. The van der Waals surface area contributed by atoms with Gasteiger partial charge < -0.3 is 0 Å². The van der Waals surface area contributed by atoms with Crippen LogP contribution in [0.15, 0.2) is 158 Å². The minimum Gasteiger partial charge on any atom is -0.245 e. The van der Waals surface area contributed by atoms with Crippen molar-refractivity contribution in [2.75, 3.05) is 0 Å². The van der Waals surface area contributed by atoms with E-state index in [0.717, 1.165) is 88.6 Å². The maximum Gasteiger partial charge on any atom is 0.0973 e. The van der Waals surface area contributed by atoms with E-state index in [1.807, 2.05) is 60.7 Å². The second kappa shape index (κ2) is 10.7. The van der Waals surface area contributed by atoms with Crippen LogP contribution in [0.5, 0.6) is 0 Å². The average Bonchev–Trinajstić information content (AvgIpc) is 3.14. The molecule has 46 heavy (non-hydrogen) atoms. The van der Waals surface area contributed by atoms with E-state index >= 15 is 0 Å². The zero-order valence-electron chi connectivity index (χ0n) is 24.8. The van der Waals surface area contributed by atoms with Crippen LogP contribution in [-0.2, 0) is 0 Å². The first-order chi connectivity index (χ1) is 22.8. The average molecular weight is 587 g/mol. The molecule has 0 saturated heterocycles. The Morgan fingerprint density at radius 3 is 1.59 bits per heavy atom. The van der Waals surface area contributed by atoms with Crippen molar-refractivity contribution in [3.8, 4) is 45.0 Å². The molecule has 3 heterocycles. The number of para-hydroxylation sites is 2. The van der Waals surface area contributed by atoms with Crippen molar-refractivity contribution in [3.05, 3.63) is 158 Å². The van der Waals surface area contributed by atoms with Gasteiger partial charge in [0, 0.05) is 33.0 Å². The monoisotopic (exact) mass is 586 g/mol. The van der Waals surface area contributed by atoms with Crippen molar-refractivity contribution in [1.29, 1.82) is 0 Å². The lowest BCUT2D eigenvalue weighted by Gasteiger charge is -2.13. The first-order valence-corrected chi connectivity index (χ1v) is 15.4. The molecule has 9 aromatic rings. The van der Waals surface area contributed by atoms with Crippen molar-refractivity contribution in [2.45, 2.75) is 0 Å².